The summed E-state index contributed by atoms with van der Waals surface area (Å²) < 4.78 is 27.6. The first kappa shape index (κ1) is 14.2. The van der Waals surface area contributed by atoms with Crippen molar-refractivity contribution in [3.63, 3.8) is 0 Å². The molecule has 1 fully saturated rings. The number of anilines is 1. The molecule has 0 saturated heterocycles. The van der Waals surface area contributed by atoms with Crippen LogP contribution in [0.4, 0.5) is 14.5 Å². The Labute approximate surface area is 117 Å². The zero-order chi connectivity index (χ0) is 14.0. The van der Waals surface area contributed by atoms with Gasteiger partial charge < -0.3 is 11.1 Å². The smallest absolute Gasteiger partial charge is 0.150 e. The molecule has 0 aromatic heterocycles. The second-order valence-electron chi connectivity index (χ2n) is 5.23. The van der Waals surface area contributed by atoms with Crippen molar-refractivity contribution in [2.45, 2.75) is 26.2 Å². The van der Waals surface area contributed by atoms with Crippen LogP contribution in [-0.4, -0.2) is 11.5 Å². The molecule has 0 heterocycles. The Hall–Kier alpha value is -1.23. The highest BCUT2D eigenvalue weighted by molar-refractivity contribution is 7.80. The predicted molar refractivity (Wildman–Crippen MR) is 77.2 cm³/mol. The van der Waals surface area contributed by atoms with Crippen molar-refractivity contribution in [1.82, 2.24) is 0 Å². The Morgan fingerprint density at radius 3 is 2.47 bits per heavy atom. The average Bonchev–Trinajstić information content (AvgIpc) is 2.73. The van der Waals surface area contributed by atoms with E-state index in [2.05, 4.69) is 12.2 Å². The molecule has 1 saturated carbocycles. The van der Waals surface area contributed by atoms with E-state index < -0.39 is 11.6 Å². The summed E-state index contributed by atoms with van der Waals surface area (Å²) in [4.78, 5) is -0.00577. The number of nitrogens with one attached hydrogen (secondary N) is 1. The van der Waals surface area contributed by atoms with Crippen LogP contribution in [0.3, 0.4) is 0 Å². The van der Waals surface area contributed by atoms with Gasteiger partial charge >= 0.3 is 0 Å². The molecule has 2 nitrogen and oxygen atoms in total. The van der Waals surface area contributed by atoms with Gasteiger partial charge in [-0.15, -0.1) is 0 Å². The van der Waals surface area contributed by atoms with Crippen LogP contribution in [0, 0.1) is 23.5 Å². The summed E-state index contributed by atoms with van der Waals surface area (Å²) in [5, 5.41) is 2.89. The quantitative estimate of drug-likeness (QED) is 0.832. The third-order valence-corrected chi connectivity index (χ3v) is 4.14. The van der Waals surface area contributed by atoms with Gasteiger partial charge in [-0.25, -0.2) is 8.78 Å². The summed E-state index contributed by atoms with van der Waals surface area (Å²) in [6.07, 6.45) is 3.50. The highest BCUT2D eigenvalue weighted by atomic mass is 32.1. The minimum atomic E-state index is -0.645. The Bertz CT molecular complexity index is 467. The van der Waals surface area contributed by atoms with Crippen molar-refractivity contribution in [1.29, 1.82) is 0 Å². The zero-order valence-corrected chi connectivity index (χ0v) is 11.7. The molecule has 0 bridgehead atoms. The molecule has 0 spiro atoms. The van der Waals surface area contributed by atoms with Gasteiger partial charge in [-0.1, -0.05) is 32.0 Å². The SMILES string of the molecule is CC1CCCC1CNc1c(F)cc(C(N)=S)cc1F. The van der Waals surface area contributed by atoms with Crippen LogP contribution in [-0.2, 0) is 0 Å². The first-order valence-corrected chi connectivity index (χ1v) is 6.92. The molecular formula is C14H18F2N2S. The molecule has 104 valence electrons. The number of rotatable bonds is 4. The van der Waals surface area contributed by atoms with Gasteiger partial charge in [0.25, 0.3) is 0 Å². The summed E-state index contributed by atoms with van der Waals surface area (Å²) in [6.45, 7) is 2.78. The molecule has 1 aliphatic carbocycles. The molecule has 3 N–H and O–H groups in total. The van der Waals surface area contributed by atoms with Gasteiger partial charge in [-0.3, -0.25) is 0 Å². The molecule has 2 atom stereocenters. The lowest BCUT2D eigenvalue weighted by Crippen LogP contribution is -2.18. The van der Waals surface area contributed by atoms with E-state index >= 15 is 0 Å². The maximum atomic E-state index is 13.8. The van der Waals surface area contributed by atoms with Gasteiger partial charge in [0, 0.05) is 12.1 Å². The van der Waals surface area contributed by atoms with Crippen LogP contribution >= 0.6 is 12.2 Å². The molecule has 0 radical (unpaired) electrons. The van der Waals surface area contributed by atoms with E-state index in [-0.39, 0.29) is 16.2 Å². The molecule has 0 amide bonds. The van der Waals surface area contributed by atoms with Crippen LogP contribution in [0.25, 0.3) is 0 Å². The average molecular weight is 284 g/mol. The highest BCUT2D eigenvalue weighted by Crippen LogP contribution is 2.32. The van der Waals surface area contributed by atoms with Crippen molar-refractivity contribution in [2.75, 3.05) is 11.9 Å². The van der Waals surface area contributed by atoms with Crippen molar-refractivity contribution < 1.29 is 8.78 Å². The first-order chi connectivity index (χ1) is 8.99. The Morgan fingerprint density at radius 2 is 2.00 bits per heavy atom. The summed E-state index contributed by atoms with van der Waals surface area (Å²) in [7, 11) is 0. The van der Waals surface area contributed by atoms with E-state index in [0.29, 0.717) is 18.4 Å². The minimum Gasteiger partial charge on any atom is -0.389 e. The highest BCUT2D eigenvalue weighted by Gasteiger charge is 2.23. The fourth-order valence-corrected chi connectivity index (χ4v) is 2.76. The molecule has 2 unspecified atom stereocenters. The molecule has 1 aromatic rings. The van der Waals surface area contributed by atoms with Crippen LogP contribution < -0.4 is 11.1 Å². The van der Waals surface area contributed by atoms with Gasteiger partial charge in [-0.2, -0.15) is 0 Å². The summed E-state index contributed by atoms with van der Waals surface area (Å²) in [5.41, 5.74) is 5.50. The number of hydrogen-bond donors (Lipinski definition) is 2. The van der Waals surface area contributed by atoms with E-state index in [1.807, 2.05) is 0 Å². The largest absolute Gasteiger partial charge is 0.389 e. The Balaban J connectivity index is 2.10. The lowest BCUT2D eigenvalue weighted by Gasteiger charge is -2.17. The Morgan fingerprint density at radius 1 is 1.37 bits per heavy atom. The van der Waals surface area contributed by atoms with Gasteiger partial charge in [-0.05, 0) is 30.4 Å². The van der Waals surface area contributed by atoms with Crippen molar-refractivity contribution >= 4 is 22.9 Å². The second kappa shape index (κ2) is 5.82. The van der Waals surface area contributed by atoms with Crippen molar-refractivity contribution in [3.8, 4) is 0 Å². The van der Waals surface area contributed by atoms with E-state index in [4.69, 9.17) is 18.0 Å². The molecule has 2 rings (SSSR count). The van der Waals surface area contributed by atoms with E-state index in [1.54, 1.807) is 0 Å². The number of nitrogens with two attached hydrogens (primary N) is 1. The second-order valence-corrected chi connectivity index (χ2v) is 5.67. The topological polar surface area (TPSA) is 38.0 Å². The first-order valence-electron chi connectivity index (χ1n) is 6.51. The molecule has 1 aromatic carbocycles. The lowest BCUT2D eigenvalue weighted by molar-refractivity contribution is 0.437. The van der Waals surface area contributed by atoms with Crippen LogP contribution in [0.2, 0.25) is 0 Å². The van der Waals surface area contributed by atoms with Crippen molar-refractivity contribution in [2.24, 2.45) is 17.6 Å². The fraction of sp³-hybridized carbons (Fsp3) is 0.500. The third kappa shape index (κ3) is 3.21. The molecule has 19 heavy (non-hydrogen) atoms. The van der Waals surface area contributed by atoms with Gasteiger partial charge in [0.15, 0.2) is 0 Å². The van der Waals surface area contributed by atoms with E-state index in [0.717, 1.165) is 6.42 Å². The van der Waals surface area contributed by atoms with Crippen LogP contribution in [0.1, 0.15) is 31.7 Å². The fourth-order valence-electron chi connectivity index (χ4n) is 2.64. The maximum absolute atomic E-state index is 13.8. The zero-order valence-electron chi connectivity index (χ0n) is 10.9. The predicted octanol–water partition coefficient (Wildman–Crippen LogP) is 3.45. The molecular weight excluding hydrogens is 266 g/mol. The minimum absolute atomic E-state index is 0.00577. The number of hydrogen-bond acceptors (Lipinski definition) is 2. The van der Waals surface area contributed by atoms with Crippen molar-refractivity contribution in [3.05, 3.63) is 29.3 Å². The number of thiocarbonyl (C=S) groups is 1. The molecule has 1 aliphatic rings. The lowest BCUT2D eigenvalue weighted by atomic mass is 9.98. The third-order valence-electron chi connectivity index (χ3n) is 3.91. The number of halogens is 2. The Kier molecular flexibility index (Phi) is 4.34. The number of benzene rings is 1. The van der Waals surface area contributed by atoms with Gasteiger partial charge in [0.1, 0.15) is 22.3 Å². The van der Waals surface area contributed by atoms with Crippen LogP contribution in [0.15, 0.2) is 12.1 Å². The summed E-state index contributed by atoms with van der Waals surface area (Å²) >= 11 is 4.72. The molecule has 5 heteroatoms. The van der Waals surface area contributed by atoms with Gasteiger partial charge in [0.05, 0.1) is 0 Å². The van der Waals surface area contributed by atoms with Gasteiger partial charge in [0.2, 0.25) is 0 Å². The monoisotopic (exact) mass is 284 g/mol. The summed E-state index contributed by atoms with van der Waals surface area (Å²) in [5.74, 6) is -0.203. The van der Waals surface area contributed by atoms with Crippen LogP contribution in [0.5, 0.6) is 0 Å². The maximum Gasteiger partial charge on any atom is 0.150 e. The molecule has 0 aliphatic heterocycles. The normalized spacial score (nSPS) is 22.5. The van der Waals surface area contributed by atoms with E-state index in [1.165, 1.54) is 25.0 Å². The summed E-state index contributed by atoms with van der Waals surface area (Å²) in [6, 6.07) is 2.34. The standard InChI is InChI=1S/C14H18F2N2S/c1-8-3-2-4-9(8)7-18-13-11(15)5-10(14(17)19)6-12(13)16/h5-6,8-9,18H,2-4,7H2,1H3,(H2,17,19). The van der Waals surface area contributed by atoms with E-state index in [9.17, 15) is 8.78 Å².